The first-order chi connectivity index (χ1) is 21.8. The Bertz CT molecular complexity index is 1660. The van der Waals surface area contributed by atoms with Crippen molar-refractivity contribution < 1.29 is 26.4 Å². The number of rotatable bonds is 4. The molecule has 0 spiro atoms. The molecule has 6 rings (SSSR count). The highest BCUT2D eigenvalue weighted by molar-refractivity contribution is 7.89. The maximum Gasteiger partial charge on any atom is 0.252 e. The molecule has 4 bridgehead atoms. The fraction of sp³-hybridized carbons (Fsp3) is 0.387. The monoisotopic (exact) mass is 669 g/mol. The maximum atomic E-state index is 14.0. The Kier molecular flexibility index (Phi) is 9.91. The van der Waals surface area contributed by atoms with Gasteiger partial charge in [-0.25, -0.2) is 26.9 Å². The predicted octanol–water partition coefficient (Wildman–Crippen LogP) is 1.55. The number of aromatic nitrogens is 1. The fourth-order valence-corrected chi connectivity index (χ4v) is 8.40. The molecule has 3 aromatic rings. The third kappa shape index (κ3) is 7.29. The van der Waals surface area contributed by atoms with Gasteiger partial charge in [-0.05, 0) is 64.1 Å². The number of piperazine rings is 1. The minimum atomic E-state index is -4.17. The molecule has 2 atom stereocenters. The highest BCUT2D eigenvalue weighted by Crippen LogP contribution is 2.24. The molecule has 15 heteroatoms. The Morgan fingerprint density at radius 3 is 1.30 bits per heavy atom. The number of hydrazine groups is 2. The number of aryl methyl sites for hydroxylation is 2. The molecule has 1 fully saturated rings. The van der Waals surface area contributed by atoms with Crippen LogP contribution in [-0.4, -0.2) is 90.5 Å². The van der Waals surface area contributed by atoms with Crippen LogP contribution in [0.15, 0.2) is 76.5 Å². The van der Waals surface area contributed by atoms with Crippen LogP contribution in [0.1, 0.15) is 36.4 Å². The van der Waals surface area contributed by atoms with E-state index in [2.05, 4.69) is 15.8 Å². The fourth-order valence-electron chi connectivity index (χ4n) is 5.27. The van der Waals surface area contributed by atoms with E-state index in [0.29, 0.717) is 37.6 Å². The van der Waals surface area contributed by atoms with Crippen molar-refractivity contribution >= 4 is 31.9 Å². The SMILES string of the molecule is Cc1ccc(S(=O)(=O)N2Cc3cccc(n3)CN(S(=O)(=O)c3ccc(C)cc3)[C@@H](C)C(=O)NN3CCN(CC3)NC(=O)[C@@H]2C)cc1. The summed E-state index contributed by atoms with van der Waals surface area (Å²) in [6.07, 6.45) is 0. The van der Waals surface area contributed by atoms with E-state index in [9.17, 15) is 26.4 Å². The minimum Gasteiger partial charge on any atom is -0.287 e. The van der Waals surface area contributed by atoms with E-state index in [1.807, 2.05) is 13.8 Å². The molecule has 4 heterocycles. The molecule has 1 aromatic heterocycles. The first-order valence-corrected chi connectivity index (χ1v) is 17.9. The average molecular weight is 670 g/mol. The number of pyridine rings is 1. The Balaban J connectivity index is 1.58. The number of hydrogen-bond acceptors (Lipinski definition) is 9. The molecule has 3 aliphatic heterocycles. The van der Waals surface area contributed by atoms with Gasteiger partial charge >= 0.3 is 0 Å². The van der Waals surface area contributed by atoms with Crippen molar-refractivity contribution in [3.8, 4) is 0 Å². The number of sulfonamides is 2. The van der Waals surface area contributed by atoms with Crippen LogP contribution in [0.5, 0.6) is 0 Å². The van der Waals surface area contributed by atoms with Gasteiger partial charge in [-0.1, -0.05) is 41.5 Å². The van der Waals surface area contributed by atoms with Crippen molar-refractivity contribution in [1.82, 2.24) is 34.5 Å². The van der Waals surface area contributed by atoms with E-state index in [0.717, 1.165) is 19.7 Å². The van der Waals surface area contributed by atoms with Crippen molar-refractivity contribution in [2.24, 2.45) is 0 Å². The van der Waals surface area contributed by atoms with Crippen LogP contribution < -0.4 is 10.9 Å². The van der Waals surface area contributed by atoms with Crippen LogP contribution in [0.4, 0.5) is 0 Å². The van der Waals surface area contributed by atoms with Crippen molar-refractivity contribution in [2.45, 2.75) is 62.7 Å². The van der Waals surface area contributed by atoms with Crippen molar-refractivity contribution in [1.29, 1.82) is 0 Å². The normalized spacial score (nSPS) is 24.2. The summed E-state index contributed by atoms with van der Waals surface area (Å²) in [7, 11) is -8.35. The number of amides is 2. The van der Waals surface area contributed by atoms with Gasteiger partial charge in [0.1, 0.15) is 12.1 Å². The second kappa shape index (κ2) is 13.6. The number of nitrogens with zero attached hydrogens (tertiary/aromatic N) is 5. The largest absolute Gasteiger partial charge is 0.287 e. The molecule has 1 saturated heterocycles. The molecule has 2 amide bonds. The molecule has 0 unspecified atom stereocenters. The van der Waals surface area contributed by atoms with Crippen LogP contribution in [0.2, 0.25) is 0 Å². The van der Waals surface area contributed by atoms with Gasteiger partial charge in [-0.15, -0.1) is 0 Å². The van der Waals surface area contributed by atoms with Crippen molar-refractivity contribution in [3.05, 3.63) is 89.2 Å². The number of carbonyl (C=O) groups excluding carboxylic acids is 2. The van der Waals surface area contributed by atoms with Crippen LogP contribution in [0, 0.1) is 13.8 Å². The van der Waals surface area contributed by atoms with E-state index in [1.54, 1.807) is 52.5 Å². The summed E-state index contributed by atoms with van der Waals surface area (Å²) < 4.78 is 58.2. The summed E-state index contributed by atoms with van der Waals surface area (Å²) in [6, 6.07) is 15.4. The zero-order chi connectivity index (χ0) is 33.2. The van der Waals surface area contributed by atoms with Gasteiger partial charge < -0.3 is 0 Å². The molecule has 2 N–H and O–H groups in total. The zero-order valence-corrected chi connectivity index (χ0v) is 27.9. The van der Waals surface area contributed by atoms with Gasteiger partial charge in [0, 0.05) is 26.2 Å². The first kappa shape index (κ1) is 33.6. The van der Waals surface area contributed by atoms with E-state index in [-0.39, 0.29) is 22.9 Å². The molecule has 3 aliphatic rings. The van der Waals surface area contributed by atoms with Crippen LogP contribution in [-0.2, 0) is 42.7 Å². The Morgan fingerprint density at radius 2 is 0.957 bits per heavy atom. The topological polar surface area (TPSA) is 152 Å². The van der Waals surface area contributed by atoms with E-state index in [1.165, 1.54) is 38.1 Å². The molecular weight excluding hydrogens is 631 g/mol. The highest BCUT2D eigenvalue weighted by atomic mass is 32.2. The average Bonchev–Trinajstić information content (AvgIpc) is 3.03. The van der Waals surface area contributed by atoms with E-state index < -0.39 is 43.9 Å². The third-order valence-electron chi connectivity index (χ3n) is 8.19. The lowest BCUT2D eigenvalue weighted by molar-refractivity contribution is -0.134. The standard InChI is InChI=1S/C31H39N7O6S2/c1-22-8-12-28(13-9-22)45(41,42)37-20-26-6-5-7-27(32-26)21-38(46(43,44)29-14-10-23(2)11-15-29)25(4)31(40)34-36-18-16-35(17-19-36)33-30(39)24(37)3/h5-15,24-25H,16-21H2,1-4H3,(H,33,39)(H,34,40)/t24-,25-/m0/s1. The van der Waals surface area contributed by atoms with Gasteiger partial charge in [-0.3, -0.25) is 25.4 Å². The highest BCUT2D eigenvalue weighted by Gasteiger charge is 2.37. The summed E-state index contributed by atoms with van der Waals surface area (Å²) >= 11 is 0. The van der Waals surface area contributed by atoms with Crippen molar-refractivity contribution in [2.75, 3.05) is 26.2 Å². The predicted molar refractivity (Wildman–Crippen MR) is 170 cm³/mol. The van der Waals surface area contributed by atoms with E-state index >= 15 is 0 Å². The Hall–Kier alpha value is -3.73. The summed E-state index contributed by atoms with van der Waals surface area (Å²) in [5, 5.41) is 3.35. The van der Waals surface area contributed by atoms with Crippen LogP contribution >= 0.6 is 0 Å². The number of carbonyl (C=O) groups is 2. The third-order valence-corrected chi connectivity index (χ3v) is 12.1. The molecule has 246 valence electrons. The quantitative estimate of drug-likeness (QED) is 0.422. The lowest BCUT2D eigenvalue weighted by Crippen LogP contribution is -2.61. The smallest absolute Gasteiger partial charge is 0.252 e. The van der Waals surface area contributed by atoms with Gasteiger partial charge in [0.05, 0.1) is 34.3 Å². The summed E-state index contributed by atoms with van der Waals surface area (Å²) in [5.41, 5.74) is 8.02. The maximum absolute atomic E-state index is 14.0. The van der Waals surface area contributed by atoms with Crippen LogP contribution in [0.25, 0.3) is 0 Å². The van der Waals surface area contributed by atoms with Gasteiger partial charge in [0.2, 0.25) is 20.0 Å². The Morgan fingerprint density at radius 1 is 0.609 bits per heavy atom. The number of nitrogens with one attached hydrogen (secondary N) is 2. The Labute approximate surface area is 270 Å². The van der Waals surface area contributed by atoms with Gasteiger partial charge in [0.15, 0.2) is 0 Å². The molecule has 46 heavy (non-hydrogen) atoms. The lowest BCUT2D eigenvalue weighted by Gasteiger charge is -2.37. The van der Waals surface area contributed by atoms with Gasteiger partial charge in [0.25, 0.3) is 11.8 Å². The van der Waals surface area contributed by atoms with Crippen LogP contribution in [0.3, 0.4) is 0 Å². The second-order valence-corrected chi connectivity index (χ2v) is 15.4. The summed E-state index contributed by atoms with van der Waals surface area (Å²) in [6.45, 7) is 7.58. The molecule has 2 aromatic carbocycles. The zero-order valence-electron chi connectivity index (χ0n) is 26.3. The minimum absolute atomic E-state index is 0.0298. The van der Waals surface area contributed by atoms with Gasteiger partial charge in [-0.2, -0.15) is 8.61 Å². The first-order valence-electron chi connectivity index (χ1n) is 15.0. The summed E-state index contributed by atoms with van der Waals surface area (Å²) in [4.78, 5) is 31.7. The molecular formula is C31H39N7O6S2. The number of hydrogen-bond donors (Lipinski definition) is 2. The number of benzene rings is 2. The number of fused-ring (bicyclic) bond motifs is 10. The van der Waals surface area contributed by atoms with E-state index in [4.69, 9.17) is 0 Å². The second-order valence-electron chi connectivity index (χ2n) is 11.6. The lowest BCUT2D eigenvalue weighted by atomic mass is 10.2. The molecule has 13 nitrogen and oxygen atoms in total. The molecule has 0 saturated carbocycles. The molecule has 0 radical (unpaired) electrons. The van der Waals surface area contributed by atoms with Crippen molar-refractivity contribution in [3.63, 3.8) is 0 Å². The summed E-state index contributed by atoms with van der Waals surface area (Å²) in [5.74, 6) is -1.03. The molecule has 0 aliphatic carbocycles.